The summed E-state index contributed by atoms with van der Waals surface area (Å²) in [6, 6.07) is 10.7. The van der Waals surface area contributed by atoms with Crippen LogP contribution < -0.4 is 10.5 Å². The number of ether oxygens (including phenoxy) is 1. The number of rotatable bonds is 4. The molecular weight excluding hydrogens is 322 g/mol. The van der Waals surface area contributed by atoms with Gasteiger partial charge in [-0.05, 0) is 12.1 Å². The van der Waals surface area contributed by atoms with E-state index in [1.165, 1.54) is 0 Å². The van der Waals surface area contributed by atoms with Crippen molar-refractivity contribution in [2.45, 2.75) is 18.9 Å². The van der Waals surface area contributed by atoms with Gasteiger partial charge in [-0.2, -0.15) is 15.5 Å². The van der Waals surface area contributed by atoms with Gasteiger partial charge in [-0.3, -0.25) is 0 Å². The van der Waals surface area contributed by atoms with Gasteiger partial charge in [-0.15, -0.1) is 0 Å². The van der Waals surface area contributed by atoms with Crippen LogP contribution in [-0.2, 0) is 0 Å². The molecule has 1 aliphatic carbocycles. The number of hydrogen-bond donors (Lipinski definition) is 2. The molecule has 0 saturated heterocycles. The molecule has 0 amide bonds. The standard InChI is InChI=1S/C17H13N5O3/c18-7-9-2-1-3-11(4-9)15-21-14(20)13(17(23)24)16(22-15)25-12-5-10(6-12)8-19/h1-4,10,12H,5-6H2,(H,23,24)(H2,20,21,22). The molecule has 8 nitrogen and oxygen atoms in total. The average molecular weight is 335 g/mol. The Labute approximate surface area is 143 Å². The molecule has 1 aromatic heterocycles. The minimum absolute atomic E-state index is 0.0933. The van der Waals surface area contributed by atoms with Gasteiger partial charge in [-0.25, -0.2) is 9.78 Å². The van der Waals surface area contributed by atoms with Gasteiger partial charge in [0, 0.05) is 18.4 Å². The van der Waals surface area contributed by atoms with Gasteiger partial charge >= 0.3 is 5.97 Å². The molecule has 25 heavy (non-hydrogen) atoms. The maximum atomic E-state index is 11.5. The van der Waals surface area contributed by atoms with Gasteiger partial charge in [0.05, 0.1) is 23.6 Å². The molecule has 1 fully saturated rings. The van der Waals surface area contributed by atoms with Crippen molar-refractivity contribution < 1.29 is 14.6 Å². The summed E-state index contributed by atoms with van der Waals surface area (Å²) in [5.41, 5.74) is 6.43. The molecule has 1 heterocycles. The van der Waals surface area contributed by atoms with E-state index in [-0.39, 0.29) is 35.1 Å². The fourth-order valence-corrected chi connectivity index (χ4v) is 2.53. The Balaban J connectivity index is 2.00. The van der Waals surface area contributed by atoms with Gasteiger partial charge in [0.15, 0.2) is 11.4 Å². The summed E-state index contributed by atoms with van der Waals surface area (Å²) in [4.78, 5) is 19.7. The number of carbonyl (C=O) groups is 1. The lowest BCUT2D eigenvalue weighted by molar-refractivity contribution is 0.0652. The zero-order valence-corrected chi connectivity index (χ0v) is 13.0. The van der Waals surface area contributed by atoms with Gasteiger partial charge in [-0.1, -0.05) is 12.1 Å². The summed E-state index contributed by atoms with van der Waals surface area (Å²) in [6.07, 6.45) is 0.743. The van der Waals surface area contributed by atoms with Crippen molar-refractivity contribution >= 4 is 11.8 Å². The summed E-state index contributed by atoms with van der Waals surface area (Å²) in [5.74, 6) is -1.55. The van der Waals surface area contributed by atoms with Crippen molar-refractivity contribution in [1.29, 1.82) is 10.5 Å². The van der Waals surface area contributed by atoms with E-state index in [0.29, 0.717) is 24.0 Å². The molecule has 0 bridgehead atoms. The van der Waals surface area contributed by atoms with Crippen LogP contribution in [0, 0.1) is 28.6 Å². The zero-order valence-electron chi connectivity index (χ0n) is 13.0. The molecule has 0 atom stereocenters. The molecule has 3 N–H and O–H groups in total. The highest BCUT2D eigenvalue weighted by molar-refractivity contribution is 5.95. The number of nitrogen functional groups attached to an aromatic ring is 1. The monoisotopic (exact) mass is 335 g/mol. The Morgan fingerprint density at radius 1 is 1.32 bits per heavy atom. The number of nitriles is 2. The molecular formula is C17H13N5O3. The summed E-state index contributed by atoms with van der Waals surface area (Å²) >= 11 is 0. The first kappa shape index (κ1) is 16.2. The highest BCUT2D eigenvalue weighted by Crippen LogP contribution is 2.33. The van der Waals surface area contributed by atoms with Crippen LogP contribution in [0.4, 0.5) is 5.82 Å². The second-order valence-electron chi connectivity index (χ2n) is 5.65. The van der Waals surface area contributed by atoms with Gasteiger partial charge in [0.2, 0.25) is 5.88 Å². The maximum Gasteiger partial charge on any atom is 0.345 e. The molecule has 1 saturated carbocycles. The molecule has 3 rings (SSSR count). The molecule has 0 unspecified atom stereocenters. The van der Waals surface area contributed by atoms with Crippen molar-refractivity contribution in [3.05, 3.63) is 35.4 Å². The lowest BCUT2D eigenvalue weighted by Crippen LogP contribution is -2.33. The first-order chi connectivity index (χ1) is 12.0. The number of nitrogens with two attached hydrogens (primary N) is 1. The number of carboxylic acids is 1. The highest BCUT2D eigenvalue weighted by atomic mass is 16.5. The van der Waals surface area contributed by atoms with Crippen molar-refractivity contribution in [3.8, 4) is 29.4 Å². The van der Waals surface area contributed by atoms with Crippen LogP contribution >= 0.6 is 0 Å². The van der Waals surface area contributed by atoms with E-state index in [2.05, 4.69) is 16.0 Å². The van der Waals surface area contributed by atoms with Gasteiger partial charge < -0.3 is 15.6 Å². The summed E-state index contributed by atoms with van der Waals surface area (Å²) in [7, 11) is 0. The Morgan fingerprint density at radius 3 is 2.72 bits per heavy atom. The normalized spacial score (nSPS) is 18.5. The number of nitrogens with zero attached hydrogens (tertiary/aromatic N) is 4. The topological polar surface area (TPSA) is 146 Å². The largest absolute Gasteiger partial charge is 0.477 e. The predicted molar refractivity (Wildman–Crippen MR) is 86.3 cm³/mol. The molecule has 1 aromatic carbocycles. The Kier molecular flexibility index (Phi) is 4.19. The van der Waals surface area contributed by atoms with Gasteiger partial charge in [0.25, 0.3) is 0 Å². The quantitative estimate of drug-likeness (QED) is 0.862. The number of anilines is 1. The Bertz CT molecular complexity index is 923. The minimum atomic E-state index is -1.29. The van der Waals surface area contributed by atoms with Crippen LogP contribution in [0.5, 0.6) is 5.88 Å². The number of hydrogen-bond acceptors (Lipinski definition) is 7. The van der Waals surface area contributed by atoms with E-state index in [4.69, 9.17) is 21.0 Å². The second-order valence-corrected chi connectivity index (χ2v) is 5.65. The number of carboxylic acid groups (broad SMARTS) is 1. The maximum absolute atomic E-state index is 11.5. The SMILES string of the molecule is N#Cc1cccc(-c2nc(N)c(C(=O)O)c(OC3CC(C#N)C3)n2)c1. The minimum Gasteiger partial charge on any atom is -0.477 e. The molecule has 0 spiro atoms. The van der Waals surface area contributed by atoms with E-state index in [1.807, 2.05) is 6.07 Å². The molecule has 0 aliphatic heterocycles. The Hall–Kier alpha value is -3.65. The van der Waals surface area contributed by atoms with E-state index < -0.39 is 5.97 Å². The van der Waals surface area contributed by atoms with Crippen molar-refractivity contribution in [2.24, 2.45) is 5.92 Å². The van der Waals surface area contributed by atoms with E-state index in [1.54, 1.807) is 24.3 Å². The summed E-state index contributed by atoms with van der Waals surface area (Å²) in [6.45, 7) is 0. The third-order valence-electron chi connectivity index (χ3n) is 3.92. The van der Waals surface area contributed by atoms with Crippen LogP contribution in [0.2, 0.25) is 0 Å². The third kappa shape index (κ3) is 3.19. The number of aromatic carboxylic acids is 1. The molecule has 1 aliphatic rings. The zero-order chi connectivity index (χ0) is 18.0. The van der Waals surface area contributed by atoms with E-state index >= 15 is 0 Å². The van der Waals surface area contributed by atoms with Crippen LogP contribution in [0.25, 0.3) is 11.4 Å². The third-order valence-corrected chi connectivity index (χ3v) is 3.92. The van der Waals surface area contributed by atoms with Crippen molar-refractivity contribution in [2.75, 3.05) is 5.73 Å². The number of aromatic nitrogens is 2. The summed E-state index contributed by atoms with van der Waals surface area (Å²) < 4.78 is 5.65. The smallest absolute Gasteiger partial charge is 0.345 e. The molecule has 8 heteroatoms. The highest BCUT2D eigenvalue weighted by Gasteiger charge is 2.33. The second kappa shape index (κ2) is 6.46. The molecule has 2 aromatic rings. The van der Waals surface area contributed by atoms with E-state index in [9.17, 15) is 9.90 Å². The molecule has 124 valence electrons. The number of benzene rings is 1. The van der Waals surface area contributed by atoms with Crippen LogP contribution in [0.3, 0.4) is 0 Å². The average Bonchev–Trinajstić information content (AvgIpc) is 2.56. The predicted octanol–water partition coefficient (Wildman–Crippen LogP) is 1.98. The van der Waals surface area contributed by atoms with Gasteiger partial charge in [0.1, 0.15) is 11.9 Å². The lowest BCUT2D eigenvalue weighted by Gasteiger charge is -2.30. The van der Waals surface area contributed by atoms with Crippen LogP contribution in [0.1, 0.15) is 28.8 Å². The fourth-order valence-electron chi connectivity index (χ4n) is 2.53. The molecule has 0 radical (unpaired) electrons. The Morgan fingerprint density at radius 2 is 2.08 bits per heavy atom. The van der Waals surface area contributed by atoms with Crippen molar-refractivity contribution in [1.82, 2.24) is 9.97 Å². The first-order valence-corrected chi connectivity index (χ1v) is 7.49. The van der Waals surface area contributed by atoms with Crippen LogP contribution in [-0.4, -0.2) is 27.1 Å². The first-order valence-electron chi connectivity index (χ1n) is 7.49. The van der Waals surface area contributed by atoms with E-state index in [0.717, 1.165) is 0 Å². The lowest BCUT2D eigenvalue weighted by atomic mass is 9.83. The van der Waals surface area contributed by atoms with Crippen molar-refractivity contribution in [3.63, 3.8) is 0 Å². The summed E-state index contributed by atoms with van der Waals surface area (Å²) in [5, 5.41) is 27.2. The van der Waals surface area contributed by atoms with Crippen LogP contribution in [0.15, 0.2) is 24.3 Å². The fraction of sp³-hybridized carbons (Fsp3) is 0.235.